The molecule has 1 rings (SSSR count). The van der Waals surface area contributed by atoms with Crippen molar-refractivity contribution in [3.05, 3.63) is 29.1 Å². The van der Waals surface area contributed by atoms with E-state index in [1.807, 2.05) is 0 Å². The number of halogens is 2. The molecule has 0 heterocycles. The lowest BCUT2D eigenvalue weighted by Gasteiger charge is -2.04. The number of carbonyl (C=O) groups is 1. The second-order valence-electron chi connectivity index (χ2n) is 2.84. The molecule has 7 heteroatoms. The van der Waals surface area contributed by atoms with Crippen molar-refractivity contribution in [1.29, 1.82) is 0 Å². The van der Waals surface area contributed by atoms with Gasteiger partial charge in [-0.15, -0.1) is 0 Å². The summed E-state index contributed by atoms with van der Waals surface area (Å²) in [5.74, 6) is -2.54. The average molecular weight is 253 g/mol. The first-order valence-electron chi connectivity index (χ1n) is 3.71. The van der Waals surface area contributed by atoms with Crippen LogP contribution in [0, 0.1) is 12.7 Å². The molecule has 0 bridgehead atoms. The summed E-state index contributed by atoms with van der Waals surface area (Å²) in [6.07, 6.45) is 0. The van der Waals surface area contributed by atoms with Crippen LogP contribution in [-0.2, 0) is 9.05 Å². The van der Waals surface area contributed by atoms with Crippen molar-refractivity contribution in [2.75, 3.05) is 0 Å². The van der Waals surface area contributed by atoms with Gasteiger partial charge in [-0.1, -0.05) is 0 Å². The van der Waals surface area contributed by atoms with Crippen LogP contribution in [0.25, 0.3) is 0 Å². The lowest BCUT2D eigenvalue weighted by Crippen LogP contribution is -2.05. The molecule has 0 aliphatic heterocycles. The smallest absolute Gasteiger partial charge is 0.338 e. The maximum absolute atomic E-state index is 13.1. The fourth-order valence-electron chi connectivity index (χ4n) is 1.08. The summed E-state index contributed by atoms with van der Waals surface area (Å²) >= 11 is 0. The summed E-state index contributed by atoms with van der Waals surface area (Å²) in [7, 11) is 0.986. The predicted molar refractivity (Wildman–Crippen MR) is 51.1 cm³/mol. The molecule has 0 fully saturated rings. The van der Waals surface area contributed by atoms with E-state index in [9.17, 15) is 17.6 Å². The standard InChI is InChI=1S/C8H6ClFO4S/c1-4-2-6(10)5(8(11)12)3-7(4)15(9,13)14/h2-3H,1H3,(H,11,12). The van der Waals surface area contributed by atoms with Crippen LogP contribution in [-0.4, -0.2) is 19.5 Å². The molecule has 0 amide bonds. The van der Waals surface area contributed by atoms with Crippen LogP contribution in [0.4, 0.5) is 4.39 Å². The molecular formula is C8H6ClFO4S. The van der Waals surface area contributed by atoms with Gasteiger partial charge in [-0.3, -0.25) is 0 Å². The molecule has 1 aromatic carbocycles. The van der Waals surface area contributed by atoms with E-state index in [0.717, 1.165) is 6.07 Å². The Kier molecular flexibility index (Phi) is 3.01. The minimum Gasteiger partial charge on any atom is -0.478 e. The molecule has 0 saturated heterocycles. The predicted octanol–water partition coefficient (Wildman–Crippen LogP) is 1.76. The van der Waals surface area contributed by atoms with E-state index in [2.05, 4.69) is 0 Å². The lowest BCUT2D eigenvalue weighted by molar-refractivity contribution is 0.0691. The van der Waals surface area contributed by atoms with Crippen LogP contribution in [0.2, 0.25) is 0 Å². The van der Waals surface area contributed by atoms with Crippen LogP contribution in [0.1, 0.15) is 15.9 Å². The largest absolute Gasteiger partial charge is 0.478 e. The van der Waals surface area contributed by atoms with Crippen molar-refractivity contribution >= 4 is 25.7 Å². The number of hydrogen-bond donors (Lipinski definition) is 1. The van der Waals surface area contributed by atoms with Crippen LogP contribution in [0.3, 0.4) is 0 Å². The molecule has 0 atom stereocenters. The van der Waals surface area contributed by atoms with Gasteiger partial charge in [0.15, 0.2) is 0 Å². The van der Waals surface area contributed by atoms with E-state index in [1.54, 1.807) is 0 Å². The molecule has 4 nitrogen and oxygen atoms in total. The van der Waals surface area contributed by atoms with Gasteiger partial charge in [0.2, 0.25) is 0 Å². The van der Waals surface area contributed by atoms with E-state index in [0.29, 0.717) is 6.07 Å². The van der Waals surface area contributed by atoms with E-state index >= 15 is 0 Å². The molecule has 0 aliphatic carbocycles. The highest BCUT2D eigenvalue weighted by Crippen LogP contribution is 2.23. The number of carboxylic acid groups (broad SMARTS) is 1. The molecule has 0 unspecified atom stereocenters. The highest BCUT2D eigenvalue weighted by atomic mass is 35.7. The maximum atomic E-state index is 13.1. The zero-order chi connectivity index (χ0) is 11.8. The van der Waals surface area contributed by atoms with Crippen LogP contribution >= 0.6 is 10.7 Å². The Morgan fingerprint density at radius 1 is 1.47 bits per heavy atom. The van der Waals surface area contributed by atoms with E-state index in [-0.39, 0.29) is 5.56 Å². The van der Waals surface area contributed by atoms with Gasteiger partial charge in [0.05, 0.1) is 10.5 Å². The second-order valence-corrected chi connectivity index (χ2v) is 5.37. The Balaban J connectivity index is 3.58. The minimum absolute atomic E-state index is 0.0625. The van der Waals surface area contributed by atoms with Gasteiger partial charge in [0, 0.05) is 10.7 Å². The molecule has 1 aromatic rings. The Hall–Kier alpha value is -1.14. The molecule has 0 aromatic heterocycles. The van der Waals surface area contributed by atoms with Crippen molar-refractivity contribution in [1.82, 2.24) is 0 Å². The Labute approximate surface area is 89.7 Å². The van der Waals surface area contributed by atoms with Gasteiger partial charge in [0.1, 0.15) is 5.82 Å². The summed E-state index contributed by atoms with van der Waals surface area (Å²) in [6.45, 7) is 1.32. The van der Waals surface area contributed by atoms with E-state index < -0.39 is 31.3 Å². The van der Waals surface area contributed by atoms with Gasteiger partial charge in [-0.05, 0) is 24.6 Å². The van der Waals surface area contributed by atoms with Crippen molar-refractivity contribution in [2.24, 2.45) is 0 Å². The lowest BCUT2D eigenvalue weighted by atomic mass is 10.1. The van der Waals surface area contributed by atoms with E-state index in [1.165, 1.54) is 6.92 Å². The first-order valence-corrected chi connectivity index (χ1v) is 6.02. The Bertz CT molecular complexity index is 524. The summed E-state index contributed by atoms with van der Waals surface area (Å²) < 4.78 is 35.0. The summed E-state index contributed by atoms with van der Waals surface area (Å²) in [5.41, 5.74) is -0.660. The van der Waals surface area contributed by atoms with Crippen molar-refractivity contribution < 1.29 is 22.7 Å². The topological polar surface area (TPSA) is 71.4 Å². The highest BCUT2D eigenvalue weighted by molar-refractivity contribution is 8.13. The Morgan fingerprint density at radius 2 is 2.00 bits per heavy atom. The van der Waals surface area contributed by atoms with Gasteiger partial charge in [0.25, 0.3) is 9.05 Å². The first-order chi connectivity index (χ1) is 6.73. The fourth-order valence-corrected chi connectivity index (χ4v) is 2.28. The zero-order valence-corrected chi connectivity index (χ0v) is 9.06. The summed E-state index contributed by atoms with van der Waals surface area (Å²) in [4.78, 5) is 10.1. The fraction of sp³-hybridized carbons (Fsp3) is 0.125. The zero-order valence-electron chi connectivity index (χ0n) is 7.49. The number of carboxylic acids is 1. The third kappa shape index (κ3) is 2.45. The quantitative estimate of drug-likeness (QED) is 0.814. The van der Waals surface area contributed by atoms with Crippen molar-refractivity contribution in [3.8, 4) is 0 Å². The molecule has 0 aliphatic rings. The highest BCUT2D eigenvalue weighted by Gasteiger charge is 2.19. The molecule has 82 valence electrons. The molecule has 0 saturated carbocycles. The number of aromatic carboxylic acids is 1. The van der Waals surface area contributed by atoms with Gasteiger partial charge >= 0.3 is 5.97 Å². The van der Waals surface area contributed by atoms with Crippen LogP contribution in [0.15, 0.2) is 17.0 Å². The average Bonchev–Trinajstić information content (AvgIpc) is 2.00. The minimum atomic E-state index is -4.06. The maximum Gasteiger partial charge on any atom is 0.338 e. The molecule has 0 radical (unpaired) electrons. The number of benzene rings is 1. The van der Waals surface area contributed by atoms with E-state index in [4.69, 9.17) is 15.8 Å². The van der Waals surface area contributed by atoms with Gasteiger partial charge in [-0.2, -0.15) is 0 Å². The monoisotopic (exact) mass is 252 g/mol. The molecule has 15 heavy (non-hydrogen) atoms. The summed E-state index contributed by atoms with van der Waals surface area (Å²) in [5, 5.41) is 8.57. The molecule has 0 spiro atoms. The van der Waals surface area contributed by atoms with Crippen LogP contribution in [0.5, 0.6) is 0 Å². The normalized spacial score (nSPS) is 11.4. The SMILES string of the molecule is Cc1cc(F)c(C(=O)O)cc1S(=O)(=O)Cl. The third-order valence-corrected chi connectivity index (χ3v) is 3.22. The molecular weight excluding hydrogens is 247 g/mol. The first kappa shape index (κ1) is 11.9. The second kappa shape index (κ2) is 3.79. The van der Waals surface area contributed by atoms with Crippen molar-refractivity contribution in [2.45, 2.75) is 11.8 Å². The number of aryl methyl sites for hydroxylation is 1. The Morgan fingerprint density at radius 3 is 2.40 bits per heavy atom. The third-order valence-electron chi connectivity index (χ3n) is 1.76. The number of hydrogen-bond acceptors (Lipinski definition) is 3. The summed E-state index contributed by atoms with van der Waals surface area (Å²) in [6, 6.07) is 1.52. The number of rotatable bonds is 2. The van der Waals surface area contributed by atoms with Crippen molar-refractivity contribution in [3.63, 3.8) is 0 Å². The van der Waals surface area contributed by atoms with Crippen LogP contribution < -0.4 is 0 Å². The van der Waals surface area contributed by atoms with Gasteiger partial charge < -0.3 is 5.11 Å². The van der Waals surface area contributed by atoms with Gasteiger partial charge in [-0.25, -0.2) is 17.6 Å². The molecule has 1 N–H and O–H groups in total.